The summed E-state index contributed by atoms with van der Waals surface area (Å²) < 4.78 is 0. The smallest absolute Gasteiger partial charge is 0.240 e. The lowest BCUT2D eigenvalue weighted by atomic mass is 10.1. The predicted octanol–water partition coefficient (Wildman–Crippen LogP) is 2.42. The van der Waals surface area contributed by atoms with Crippen LogP contribution in [0.5, 0.6) is 0 Å². The van der Waals surface area contributed by atoms with Crippen molar-refractivity contribution in [3.63, 3.8) is 0 Å². The summed E-state index contributed by atoms with van der Waals surface area (Å²) in [5.74, 6) is 0.187. The lowest BCUT2D eigenvalue weighted by Gasteiger charge is -2.25. The predicted molar refractivity (Wildman–Crippen MR) is 83.8 cm³/mol. The van der Waals surface area contributed by atoms with Crippen molar-refractivity contribution in [3.05, 3.63) is 52.5 Å². The van der Waals surface area contributed by atoms with Gasteiger partial charge in [0.2, 0.25) is 5.91 Å². The molecule has 0 bridgehead atoms. The van der Waals surface area contributed by atoms with Crippen LogP contribution in [0, 0.1) is 0 Å². The van der Waals surface area contributed by atoms with Crippen molar-refractivity contribution in [1.82, 2.24) is 15.2 Å². The number of rotatable bonds is 5. The molecule has 0 spiro atoms. The molecular weight excluding hydrogens is 282 g/mol. The second-order valence-corrected chi connectivity index (χ2v) is 6.23. The summed E-state index contributed by atoms with van der Waals surface area (Å²) in [6, 6.07) is 10.1. The zero-order valence-electron chi connectivity index (χ0n) is 11.9. The highest BCUT2D eigenvalue weighted by Crippen LogP contribution is 2.16. The maximum absolute atomic E-state index is 12.7. The van der Waals surface area contributed by atoms with Gasteiger partial charge in [0, 0.05) is 18.1 Å². The van der Waals surface area contributed by atoms with E-state index in [2.05, 4.69) is 22.4 Å². The van der Waals surface area contributed by atoms with E-state index in [0.717, 1.165) is 30.0 Å². The highest BCUT2D eigenvalue weighted by atomic mass is 32.1. The molecule has 1 aromatic heterocycles. The molecule has 0 aliphatic carbocycles. The Morgan fingerprint density at radius 1 is 1.33 bits per heavy atom. The van der Waals surface area contributed by atoms with Crippen LogP contribution in [0.3, 0.4) is 0 Å². The van der Waals surface area contributed by atoms with Gasteiger partial charge in [0.1, 0.15) is 5.01 Å². The number of nitrogens with one attached hydrogen (secondary N) is 1. The summed E-state index contributed by atoms with van der Waals surface area (Å²) in [4.78, 5) is 18.9. The van der Waals surface area contributed by atoms with Crippen molar-refractivity contribution in [3.8, 4) is 0 Å². The Morgan fingerprint density at radius 3 is 2.86 bits per heavy atom. The Labute approximate surface area is 128 Å². The number of carbonyl (C=O) groups excluding carboxylic acids is 1. The molecule has 21 heavy (non-hydrogen) atoms. The van der Waals surface area contributed by atoms with Crippen LogP contribution < -0.4 is 5.32 Å². The molecule has 2 heterocycles. The van der Waals surface area contributed by atoms with Crippen LogP contribution in [0.15, 0.2) is 41.9 Å². The first-order chi connectivity index (χ1) is 10.3. The van der Waals surface area contributed by atoms with E-state index in [9.17, 15) is 4.79 Å². The van der Waals surface area contributed by atoms with Gasteiger partial charge in [0.05, 0.1) is 12.6 Å². The Kier molecular flexibility index (Phi) is 4.62. The van der Waals surface area contributed by atoms with Crippen molar-refractivity contribution >= 4 is 17.2 Å². The van der Waals surface area contributed by atoms with Crippen molar-refractivity contribution in [2.75, 3.05) is 6.54 Å². The number of aromatic nitrogens is 1. The van der Waals surface area contributed by atoms with E-state index in [0.29, 0.717) is 13.1 Å². The van der Waals surface area contributed by atoms with Crippen molar-refractivity contribution < 1.29 is 4.79 Å². The fourth-order valence-corrected chi connectivity index (χ4v) is 3.26. The minimum absolute atomic E-state index is 0.0336. The van der Waals surface area contributed by atoms with E-state index in [1.165, 1.54) is 0 Å². The molecule has 3 rings (SSSR count). The van der Waals surface area contributed by atoms with Crippen molar-refractivity contribution in [2.24, 2.45) is 0 Å². The molecule has 5 heteroatoms. The van der Waals surface area contributed by atoms with Crippen LogP contribution in [-0.2, 0) is 17.9 Å². The van der Waals surface area contributed by atoms with Crippen LogP contribution in [0.4, 0.5) is 0 Å². The van der Waals surface area contributed by atoms with E-state index in [1.807, 2.05) is 28.5 Å². The number of nitrogens with zero attached hydrogens (tertiary/aromatic N) is 2. The van der Waals surface area contributed by atoms with Crippen LogP contribution in [-0.4, -0.2) is 28.4 Å². The summed E-state index contributed by atoms with van der Waals surface area (Å²) in [5, 5.41) is 6.23. The van der Waals surface area contributed by atoms with Gasteiger partial charge in [-0.15, -0.1) is 11.3 Å². The number of hydrogen-bond donors (Lipinski definition) is 1. The molecule has 2 aromatic rings. The monoisotopic (exact) mass is 301 g/mol. The minimum atomic E-state index is -0.0336. The van der Waals surface area contributed by atoms with Gasteiger partial charge in [0.25, 0.3) is 0 Å². The first-order valence-corrected chi connectivity index (χ1v) is 8.15. The fourth-order valence-electron chi connectivity index (χ4n) is 2.63. The summed E-state index contributed by atoms with van der Waals surface area (Å²) in [5.41, 5.74) is 1.15. The molecule has 1 N–H and O–H groups in total. The van der Waals surface area contributed by atoms with E-state index in [4.69, 9.17) is 0 Å². The summed E-state index contributed by atoms with van der Waals surface area (Å²) in [6.45, 7) is 2.16. The highest BCUT2D eigenvalue weighted by Gasteiger charge is 2.27. The van der Waals surface area contributed by atoms with Crippen LogP contribution in [0.2, 0.25) is 0 Å². The Balaban J connectivity index is 1.74. The molecule has 1 aromatic carbocycles. The highest BCUT2D eigenvalue weighted by molar-refractivity contribution is 7.09. The third kappa shape index (κ3) is 3.68. The molecule has 0 unspecified atom stereocenters. The zero-order valence-corrected chi connectivity index (χ0v) is 12.7. The Morgan fingerprint density at radius 2 is 2.19 bits per heavy atom. The average molecular weight is 301 g/mol. The summed E-state index contributed by atoms with van der Waals surface area (Å²) >= 11 is 1.60. The number of amides is 1. The second-order valence-electron chi connectivity index (χ2n) is 5.25. The van der Waals surface area contributed by atoms with E-state index >= 15 is 0 Å². The van der Waals surface area contributed by atoms with E-state index < -0.39 is 0 Å². The Bertz CT molecular complexity index is 564. The molecule has 1 saturated heterocycles. The van der Waals surface area contributed by atoms with Gasteiger partial charge in [-0.3, -0.25) is 4.79 Å². The molecule has 1 aliphatic heterocycles. The molecule has 0 saturated carbocycles. The minimum Gasteiger partial charge on any atom is -0.330 e. The zero-order chi connectivity index (χ0) is 14.5. The molecule has 1 fully saturated rings. The molecule has 1 atom stereocenters. The van der Waals surface area contributed by atoms with Crippen molar-refractivity contribution in [2.45, 2.75) is 32.0 Å². The van der Waals surface area contributed by atoms with Gasteiger partial charge in [-0.25, -0.2) is 4.98 Å². The molecule has 1 amide bonds. The second kappa shape index (κ2) is 6.83. The van der Waals surface area contributed by atoms with Gasteiger partial charge in [-0.1, -0.05) is 30.3 Å². The third-order valence-corrected chi connectivity index (χ3v) is 4.46. The number of benzene rings is 1. The summed E-state index contributed by atoms with van der Waals surface area (Å²) in [7, 11) is 0. The first-order valence-electron chi connectivity index (χ1n) is 7.27. The SMILES string of the molecule is O=C([C@H]1CCCN1)N(Cc1ccccc1)Cc1nccs1. The third-order valence-electron chi connectivity index (χ3n) is 3.70. The normalized spacial score (nSPS) is 17.8. The number of thiazole rings is 1. The van der Waals surface area contributed by atoms with Crippen LogP contribution >= 0.6 is 11.3 Å². The van der Waals surface area contributed by atoms with Crippen LogP contribution in [0.25, 0.3) is 0 Å². The lowest BCUT2D eigenvalue weighted by Crippen LogP contribution is -2.42. The average Bonchev–Trinajstić information content (AvgIpc) is 3.20. The van der Waals surface area contributed by atoms with E-state index in [-0.39, 0.29) is 11.9 Å². The quantitative estimate of drug-likeness (QED) is 0.922. The van der Waals surface area contributed by atoms with Gasteiger partial charge >= 0.3 is 0 Å². The molecule has 4 nitrogen and oxygen atoms in total. The maximum Gasteiger partial charge on any atom is 0.240 e. The van der Waals surface area contributed by atoms with Gasteiger partial charge in [-0.2, -0.15) is 0 Å². The fraction of sp³-hybridized carbons (Fsp3) is 0.375. The number of hydrogen-bond acceptors (Lipinski definition) is 4. The van der Waals surface area contributed by atoms with Crippen LogP contribution in [0.1, 0.15) is 23.4 Å². The Hall–Kier alpha value is -1.72. The largest absolute Gasteiger partial charge is 0.330 e. The first kappa shape index (κ1) is 14.2. The maximum atomic E-state index is 12.7. The molecule has 0 radical (unpaired) electrons. The van der Waals surface area contributed by atoms with E-state index in [1.54, 1.807) is 17.5 Å². The molecule has 1 aliphatic rings. The lowest BCUT2D eigenvalue weighted by molar-refractivity contribution is -0.134. The van der Waals surface area contributed by atoms with Gasteiger partial charge in [-0.05, 0) is 24.9 Å². The van der Waals surface area contributed by atoms with Gasteiger partial charge < -0.3 is 10.2 Å². The summed E-state index contributed by atoms with van der Waals surface area (Å²) in [6.07, 6.45) is 3.80. The molecule has 110 valence electrons. The van der Waals surface area contributed by atoms with Gasteiger partial charge in [0.15, 0.2) is 0 Å². The van der Waals surface area contributed by atoms with Crippen molar-refractivity contribution in [1.29, 1.82) is 0 Å². The topological polar surface area (TPSA) is 45.2 Å². The number of carbonyl (C=O) groups is 1. The molecular formula is C16H19N3OS. The standard InChI is InChI=1S/C16H19N3OS/c20-16(14-7-4-8-17-14)19(12-15-18-9-10-21-15)11-13-5-2-1-3-6-13/h1-3,5-6,9-10,14,17H,4,7-8,11-12H2/t14-/m1/s1.